The molecule has 1 aliphatic rings. The van der Waals surface area contributed by atoms with Crippen LogP contribution in [0.25, 0.3) is 0 Å². The number of halogens is 1. The molecule has 2 rings (SSSR count). The molecule has 0 bridgehead atoms. The predicted molar refractivity (Wildman–Crippen MR) is 65.0 cm³/mol. The predicted octanol–water partition coefficient (Wildman–Crippen LogP) is 0.296. The summed E-state index contributed by atoms with van der Waals surface area (Å²) in [6.07, 6.45) is 1.91. The van der Waals surface area contributed by atoms with Crippen molar-refractivity contribution in [2.24, 2.45) is 0 Å². The van der Waals surface area contributed by atoms with Crippen LogP contribution in [-0.4, -0.2) is 42.2 Å². The zero-order valence-corrected chi connectivity index (χ0v) is 10.4. The van der Waals surface area contributed by atoms with Crippen molar-refractivity contribution in [2.75, 3.05) is 25.0 Å². The van der Waals surface area contributed by atoms with Crippen molar-refractivity contribution >= 4 is 11.8 Å². The van der Waals surface area contributed by atoms with Gasteiger partial charge in [0, 0.05) is 20.1 Å². The minimum absolute atomic E-state index is 0.0318. The number of amides is 2. The van der Waals surface area contributed by atoms with Gasteiger partial charge in [-0.1, -0.05) is 6.92 Å². The Bertz CT molecular complexity index is 447. The topological polar surface area (TPSA) is 70.2 Å². The largest absolute Gasteiger partial charge is 0.350 e. The Morgan fingerprint density at radius 2 is 2.28 bits per heavy atom. The van der Waals surface area contributed by atoms with Crippen LogP contribution in [0.2, 0.25) is 0 Å². The molecule has 0 aliphatic carbocycles. The average molecular weight is 253 g/mol. The quantitative estimate of drug-likeness (QED) is 0.812. The summed E-state index contributed by atoms with van der Waals surface area (Å²) in [5.74, 6) is -0.0461. The highest BCUT2D eigenvalue weighted by molar-refractivity contribution is 5.74. The van der Waals surface area contributed by atoms with Crippen molar-refractivity contribution in [3.63, 3.8) is 0 Å². The van der Waals surface area contributed by atoms with Crippen LogP contribution in [0.3, 0.4) is 0 Å². The van der Waals surface area contributed by atoms with Crippen LogP contribution >= 0.6 is 0 Å². The van der Waals surface area contributed by atoms with E-state index in [1.165, 1.54) is 6.33 Å². The summed E-state index contributed by atoms with van der Waals surface area (Å²) in [5, 5.41) is 5.24. The summed E-state index contributed by atoms with van der Waals surface area (Å²) >= 11 is 0. The highest BCUT2D eigenvalue weighted by Crippen LogP contribution is 2.22. The number of hydrogen-bond donors (Lipinski definition) is 2. The number of carbonyl (C=O) groups excluding carboxylic acids is 1. The molecule has 0 atom stereocenters. The first kappa shape index (κ1) is 12.5. The van der Waals surface area contributed by atoms with E-state index >= 15 is 0 Å². The molecule has 0 saturated carbocycles. The Balaban J connectivity index is 1.98. The first-order valence-electron chi connectivity index (χ1n) is 5.88. The van der Waals surface area contributed by atoms with E-state index in [0.717, 1.165) is 0 Å². The fraction of sp³-hybridized carbons (Fsp3) is 0.545. The smallest absolute Gasteiger partial charge is 0.314 e. The monoisotopic (exact) mass is 253 g/mol. The van der Waals surface area contributed by atoms with Gasteiger partial charge in [-0.05, 0) is 6.42 Å². The molecule has 1 aliphatic heterocycles. The fourth-order valence-electron chi connectivity index (χ4n) is 1.86. The molecule has 2 heterocycles. The van der Waals surface area contributed by atoms with E-state index < -0.39 is 0 Å². The van der Waals surface area contributed by atoms with Gasteiger partial charge in [-0.15, -0.1) is 0 Å². The van der Waals surface area contributed by atoms with Gasteiger partial charge in [0.25, 0.3) is 0 Å². The number of carbonyl (C=O) groups is 1. The number of urea groups is 1. The van der Waals surface area contributed by atoms with Gasteiger partial charge < -0.3 is 15.5 Å². The Morgan fingerprint density at radius 3 is 2.89 bits per heavy atom. The van der Waals surface area contributed by atoms with Gasteiger partial charge in [-0.25, -0.2) is 19.2 Å². The van der Waals surface area contributed by atoms with Gasteiger partial charge >= 0.3 is 6.03 Å². The summed E-state index contributed by atoms with van der Waals surface area (Å²) in [7, 11) is 1.56. The molecule has 1 aromatic rings. The van der Waals surface area contributed by atoms with Crippen LogP contribution < -0.4 is 15.5 Å². The van der Waals surface area contributed by atoms with E-state index in [4.69, 9.17) is 0 Å². The Kier molecular flexibility index (Phi) is 3.59. The minimum Gasteiger partial charge on any atom is -0.350 e. The standard InChI is InChI=1S/C11H16FN5O/c1-3-8-9(12)10(15-6-14-8)17-4-7(5-17)16-11(18)13-2/h6-7H,3-5H2,1-2H3,(H2,13,16,18). The molecule has 1 saturated heterocycles. The molecule has 18 heavy (non-hydrogen) atoms. The normalized spacial score (nSPS) is 15.2. The molecule has 98 valence electrons. The Hall–Kier alpha value is -1.92. The highest BCUT2D eigenvalue weighted by Gasteiger charge is 2.31. The lowest BCUT2D eigenvalue weighted by molar-refractivity contribution is 0.236. The lowest BCUT2D eigenvalue weighted by Crippen LogP contribution is -2.61. The number of hydrogen-bond acceptors (Lipinski definition) is 4. The first-order chi connectivity index (χ1) is 8.65. The van der Waals surface area contributed by atoms with Crippen molar-refractivity contribution in [1.82, 2.24) is 20.6 Å². The summed E-state index contributed by atoms with van der Waals surface area (Å²) in [4.78, 5) is 20.7. The third-order valence-electron chi connectivity index (χ3n) is 2.92. The Morgan fingerprint density at radius 1 is 1.56 bits per heavy atom. The number of nitrogens with zero attached hydrogens (tertiary/aromatic N) is 3. The van der Waals surface area contributed by atoms with Crippen LogP contribution in [0, 0.1) is 5.82 Å². The second kappa shape index (κ2) is 5.16. The lowest BCUT2D eigenvalue weighted by Gasteiger charge is -2.40. The number of aromatic nitrogens is 2. The molecule has 1 fully saturated rings. The molecule has 1 aromatic heterocycles. The average Bonchev–Trinajstić information content (AvgIpc) is 2.34. The van der Waals surface area contributed by atoms with E-state index in [0.29, 0.717) is 31.0 Å². The summed E-state index contributed by atoms with van der Waals surface area (Å²) in [6, 6.07) is -0.193. The third kappa shape index (κ3) is 2.34. The van der Waals surface area contributed by atoms with Crippen LogP contribution in [0.1, 0.15) is 12.6 Å². The fourth-order valence-corrected chi connectivity index (χ4v) is 1.86. The van der Waals surface area contributed by atoms with Crippen LogP contribution in [0.15, 0.2) is 6.33 Å². The number of anilines is 1. The van der Waals surface area contributed by atoms with Crippen molar-refractivity contribution in [1.29, 1.82) is 0 Å². The van der Waals surface area contributed by atoms with E-state index in [2.05, 4.69) is 20.6 Å². The molecular weight excluding hydrogens is 237 g/mol. The first-order valence-corrected chi connectivity index (χ1v) is 5.88. The molecule has 7 heteroatoms. The van der Waals surface area contributed by atoms with Gasteiger partial charge in [0.15, 0.2) is 11.6 Å². The summed E-state index contributed by atoms with van der Waals surface area (Å²) < 4.78 is 13.9. The zero-order valence-electron chi connectivity index (χ0n) is 10.4. The molecular formula is C11H16FN5O. The maximum Gasteiger partial charge on any atom is 0.314 e. The highest BCUT2D eigenvalue weighted by atomic mass is 19.1. The second-order valence-corrected chi connectivity index (χ2v) is 4.14. The summed E-state index contributed by atoms with van der Waals surface area (Å²) in [6.45, 7) is 2.97. The molecule has 2 amide bonds. The van der Waals surface area contributed by atoms with Gasteiger partial charge in [0.1, 0.15) is 6.33 Å². The van der Waals surface area contributed by atoms with Crippen LogP contribution in [0.4, 0.5) is 15.0 Å². The van der Waals surface area contributed by atoms with Crippen LogP contribution in [0.5, 0.6) is 0 Å². The van der Waals surface area contributed by atoms with Gasteiger partial charge in [0.05, 0.1) is 11.7 Å². The maximum absolute atomic E-state index is 13.9. The SMILES string of the molecule is CCc1ncnc(N2CC(NC(=O)NC)C2)c1F. The zero-order chi connectivity index (χ0) is 13.1. The van der Waals surface area contributed by atoms with Crippen molar-refractivity contribution in [3.8, 4) is 0 Å². The molecule has 2 N–H and O–H groups in total. The summed E-state index contributed by atoms with van der Waals surface area (Å²) in [5.41, 5.74) is 0.419. The number of rotatable bonds is 3. The lowest BCUT2D eigenvalue weighted by atomic mass is 10.1. The van der Waals surface area contributed by atoms with Gasteiger partial charge in [-0.2, -0.15) is 0 Å². The molecule has 0 unspecified atom stereocenters. The molecule has 0 spiro atoms. The van der Waals surface area contributed by atoms with Crippen molar-refractivity contribution in [3.05, 3.63) is 17.8 Å². The third-order valence-corrected chi connectivity index (χ3v) is 2.92. The van der Waals surface area contributed by atoms with E-state index in [-0.39, 0.29) is 17.9 Å². The maximum atomic E-state index is 13.9. The number of nitrogens with one attached hydrogen (secondary N) is 2. The number of aryl methyl sites for hydroxylation is 1. The second-order valence-electron chi connectivity index (χ2n) is 4.14. The molecule has 0 radical (unpaired) electrons. The Labute approximate surface area is 105 Å². The van der Waals surface area contributed by atoms with Crippen molar-refractivity contribution in [2.45, 2.75) is 19.4 Å². The van der Waals surface area contributed by atoms with E-state index in [9.17, 15) is 9.18 Å². The minimum atomic E-state index is -0.363. The van der Waals surface area contributed by atoms with Crippen LogP contribution in [-0.2, 0) is 6.42 Å². The van der Waals surface area contributed by atoms with Crippen molar-refractivity contribution < 1.29 is 9.18 Å². The molecule has 0 aromatic carbocycles. The van der Waals surface area contributed by atoms with E-state index in [1.54, 1.807) is 11.9 Å². The van der Waals surface area contributed by atoms with E-state index in [1.807, 2.05) is 6.92 Å². The van der Waals surface area contributed by atoms with Gasteiger partial charge in [0.2, 0.25) is 0 Å². The molecule has 6 nitrogen and oxygen atoms in total. The van der Waals surface area contributed by atoms with Gasteiger partial charge in [-0.3, -0.25) is 0 Å².